The number of benzene rings is 1. The number of hydrogen-bond acceptors (Lipinski definition) is 2. The molecule has 1 heterocycles. The molecule has 4 nitrogen and oxygen atoms in total. The molecule has 1 aliphatic carbocycles. The van der Waals surface area contributed by atoms with Crippen LogP contribution in [0.4, 0.5) is 10.5 Å². The van der Waals surface area contributed by atoms with E-state index in [1.54, 1.807) is 0 Å². The van der Waals surface area contributed by atoms with Gasteiger partial charge in [0.05, 0.1) is 0 Å². The number of anilines is 1. The largest absolute Gasteiger partial charge is 0.368 e. The van der Waals surface area contributed by atoms with E-state index in [1.807, 2.05) is 4.90 Å². The first-order chi connectivity index (χ1) is 11.8. The molecule has 1 N–H and O–H groups in total. The molecule has 1 aliphatic heterocycles. The Morgan fingerprint density at radius 1 is 1.04 bits per heavy atom. The van der Waals surface area contributed by atoms with Crippen molar-refractivity contribution in [2.24, 2.45) is 0 Å². The second-order valence-corrected chi connectivity index (χ2v) is 7.09. The van der Waals surface area contributed by atoms with Gasteiger partial charge in [0.15, 0.2) is 0 Å². The Hall–Kier alpha value is -1.71. The fourth-order valence-electron chi connectivity index (χ4n) is 3.96. The van der Waals surface area contributed by atoms with Gasteiger partial charge in [0.2, 0.25) is 0 Å². The molecule has 0 atom stereocenters. The van der Waals surface area contributed by atoms with Crippen molar-refractivity contribution >= 4 is 11.7 Å². The minimum atomic E-state index is 0.144. The van der Waals surface area contributed by atoms with Crippen molar-refractivity contribution in [3.63, 3.8) is 0 Å². The highest BCUT2D eigenvalue weighted by Gasteiger charge is 2.24. The van der Waals surface area contributed by atoms with Crippen LogP contribution in [0.15, 0.2) is 24.3 Å². The fourth-order valence-corrected chi connectivity index (χ4v) is 3.96. The number of nitrogens with zero attached hydrogens (tertiary/aromatic N) is 2. The molecule has 1 saturated carbocycles. The Labute approximate surface area is 146 Å². The molecule has 0 unspecified atom stereocenters. The molecule has 3 rings (SSSR count). The zero-order valence-electron chi connectivity index (χ0n) is 15.0. The lowest BCUT2D eigenvalue weighted by Gasteiger charge is -2.37. The second-order valence-electron chi connectivity index (χ2n) is 7.09. The van der Waals surface area contributed by atoms with Gasteiger partial charge in [-0.05, 0) is 30.9 Å². The van der Waals surface area contributed by atoms with Gasteiger partial charge in [0, 0.05) is 37.9 Å². The molecule has 0 radical (unpaired) electrons. The van der Waals surface area contributed by atoms with Crippen molar-refractivity contribution < 1.29 is 4.79 Å². The molecule has 0 spiro atoms. The number of piperazine rings is 1. The summed E-state index contributed by atoms with van der Waals surface area (Å²) in [7, 11) is 0. The summed E-state index contributed by atoms with van der Waals surface area (Å²) in [5.74, 6) is 0. The Bertz CT molecular complexity index is 529. The van der Waals surface area contributed by atoms with Crippen LogP contribution in [0.2, 0.25) is 0 Å². The maximum atomic E-state index is 12.5. The van der Waals surface area contributed by atoms with Crippen LogP contribution >= 0.6 is 0 Å². The highest BCUT2D eigenvalue weighted by molar-refractivity contribution is 5.75. The Balaban J connectivity index is 1.51. The quantitative estimate of drug-likeness (QED) is 0.856. The average Bonchev–Trinajstić information content (AvgIpc) is 2.90. The van der Waals surface area contributed by atoms with Crippen molar-refractivity contribution in [1.82, 2.24) is 10.2 Å². The van der Waals surface area contributed by atoms with Crippen LogP contribution in [-0.4, -0.2) is 43.2 Å². The first-order valence-electron chi connectivity index (χ1n) is 9.66. The highest BCUT2D eigenvalue weighted by atomic mass is 16.2. The molecule has 132 valence electrons. The molecule has 2 fully saturated rings. The van der Waals surface area contributed by atoms with Crippen molar-refractivity contribution in [3.05, 3.63) is 29.8 Å². The van der Waals surface area contributed by atoms with Crippen LogP contribution in [0.3, 0.4) is 0 Å². The van der Waals surface area contributed by atoms with Crippen LogP contribution in [0, 0.1) is 0 Å². The van der Waals surface area contributed by atoms with Gasteiger partial charge in [-0.1, -0.05) is 50.8 Å². The number of rotatable bonds is 3. The lowest BCUT2D eigenvalue weighted by atomic mass is 10.1. The van der Waals surface area contributed by atoms with Crippen molar-refractivity contribution in [3.8, 4) is 0 Å². The van der Waals surface area contributed by atoms with E-state index in [4.69, 9.17) is 0 Å². The summed E-state index contributed by atoms with van der Waals surface area (Å²) in [5.41, 5.74) is 2.73. The molecule has 2 amide bonds. The molecular weight excluding hydrogens is 298 g/mol. The predicted molar refractivity (Wildman–Crippen MR) is 99.6 cm³/mol. The number of carbonyl (C=O) groups excluding carboxylic acids is 1. The van der Waals surface area contributed by atoms with E-state index >= 15 is 0 Å². The number of carbonyl (C=O) groups is 1. The van der Waals surface area contributed by atoms with Crippen molar-refractivity contribution in [2.75, 3.05) is 31.1 Å². The second kappa shape index (κ2) is 8.41. The highest BCUT2D eigenvalue weighted by Crippen LogP contribution is 2.22. The lowest BCUT2D eigenvalue weighted by molar-refractivity contribution is 0.189. The van der Waals surface area contributed by atoms with E-state index in [0.29, 0.717) is 6.04 Å². The minimum absolute atomic E-state index is 0.144. The average molecular weight is 329 g/mol. The zero-order chi connectivity index (χ0) is 16.8. The number of urea groups is 1. The monoisotopic (exact) mass is 329 g/mol. The van der Waals surface area contributed by atoms with Gasteiger partial charge < -0.3 is 15.1 Å². The van der Waals surface area contributed by atoms with E-state index in [1.165, 1.54) is 36.9 Å². The van der Waals surface area contributed by atoms with Gasteiger partial charge in [-0.25, -0.2) is 4.79 Å². The first-order valence-corrected chi connectivity index (χ1v) is 9.66. The SMILES string of the molecule is CCc1ccccc1N1CCN(C(=O)NC2CCCCCC2)CC1. The minimum Gasteiger partial charge on any atom is -0.368 e. The number of nitrogens with one attached hydrogen (secondary N) is 1. The molecule has 2 aliphatic rings. The maximum absolute atomic E-state index is 12.5. The summed E-state index contributed by atoms with van der Waals surface area (Å²) < 4.78 is 0. The summed E-state index contributed by atoms with van der Waals surface area (Å²) in [5, 5.41) is 3.27. The van der Waals surface area contributed by atoms with E-state index in [9.17, 15) is 4.79 Å². The van der Waals surface area contributed by atoms with E-state index < -0.39 is 0 Å². The van der Waals surface area contributed by atoms with Crippen LogP contribution in [0.1, 0.15) is 51.0 Å². The maximum Gasteiger partial charge on any atom is 0.317 e. The Morgan fingerprint density at radius 3 is 2.38 bits per heavy atom. The zero-order valence-corrected chi connectivity index (χ0v) is 15.0. The van der Waals surface area contributed by atoms with Crippen molar-refractivity contribution in [1.29, 1.82) is 0 Å². The molecule has 0 aromatic heterocycles. The first kappa shape index (κ1) is 17.1. The van der Waals surface area contributed by atoms with Crippen LogP contribution in [0.5, 0.6) is 0 Å². The third-order valence-electron chi connectivity index (χ3n) is 5.46. The fraction of sp³-hybridized carbons (Fsp3) is 0.650. The van der Waals surface area contributed by atoms with Gasteiger partial charge in [0.25, 0.3) is 0 Å². The Kier molecular flexibility index (Phi) is 6.00. The number of para-hydroxylation sites is 1. The third kappa shape index (κ3) is 4.22. The number of hydrogen-bond donors (Lipinski definition) is 1. The van der Waals surface area contributed by atoms with Gasteiger partial charge >= 0.3 is 6.03 Å². The molecule has 1 aromatic carbocycles. The summed E-state index contributed by atoms with van der Waals surface area (Å²) in [6.07, 6.45) is 8.51. The van der Waals surface area contributed by atoms with E-state index in [-0.39, 0.29) is 6.03 Å². The van der Waals surface area contributed by atoms with E-state index in [2.05, 4.69) is 41.4 Å². The summed E-state index contributed by atoms with van der Waals surface area (Å²) in [6, 6.07) is 9.17. The van der Waals surface area contributed by atoms with E-state index in [0.717, 1.165) is 45.4 Å². The Morgan fingerprint density at radius 2 is 1.71 bits per heavy atom. The van der Waals surface area contributed by atoms with Gasteiger partial charge in [-0.3, -0.25) is 0 Å². The van der Waals surface area contributed by atoms with Crippen LogP contribution < -0.4 is 10.2 Å². The normalized spacial score (nSPS) is 19.9. The summed E-state index contributed by atoms with van der Waals surface area (Å²) in [6.45, 7) is 5.69. The molecule has 24 heavy (non-hydrogen) atoms. The topological polar surface area (TPSA) is 35.6 Å². The predicted octanol–water partition coefficient (Wildman–Crippen LogP) is 3.80. The third-order valence-corrected chi connectivity index (χ3v) is 5.46. The van der Waals surface area contributed by atoms with Gasteiger partial charge in [-0.2, -0.15) is 0 Å². The molecular formula is C20H31N3O. The number of aryl methyl sites for hydroxylation is 1. The van der Waals surface area contributed by atoms with Crippen LogP contribution in [-0.2, 0) is 6.42 Å². The summed E-state index contributed by atoms with van der Waals surface area (Å²) in [4.78, 5) is 17.0. The standard InChI is InChI=1S/C20H31N3O/c1-2-17-9-7-8-12-19(17)22-13-15-23(16-14-22)20(24)21-18-10-5-3-4-6-11-18/h7-9,12,18H,2-6,10-11,13-16H2,1H3,(H,21,24). The molecule has 1 saturated heterocycles. The smallest absolute Gasteiger partial charge is 0.317 e. The van der Waals surface area contributed by atoms with Crippen LogP contribution in [0.25, 0.3) is 0 Å². The molecule has 4 heteroatoms. The van der Waals surface area contributed by atoms with Gasteiger partial charge in [-0.15, -0.1) is 0 Å². The molecule has 1 aromatic rings. The van der Waals surface area contributed by atoms with Crippen molar-refractivity contribution in [2.45, 2.75) is 57.9 Å². The number of amides is 2. The summed E-state index contributed by atoms with van der Waals surface area (Å²) >= 11 is 0. The molecule has 0 bridgehead atoms. The lowest BCUT2D eigenvalue weighted by Crippen LogP contribution is -2.53. The van der Waals surface area contributed by atoms with Gasteiger partial charge in [0.1, 0.15) is 0 Å².